The zero-order chi connectivity index (χ0) is 25.5. The van der Waals surface area contributed by atoms with Gasteiger partial charge in [0.1, 0.15) is 0 Å². The number of carbonyl (C=O) groups is 4. The predicted octanol–water partition coefficient (Wildman–Crippen LogP) is 1.39. The average molecular weight is 514 g/mol. The average Bonchev–Trinajstić information content (AvgIpc) is 3.34. The number of fused-ring (bicyclic) bond motifs is 1. The molecule has 10 nitrogen and oxygen atoms in total. The second-order valence-electron chi connectivity index (χ2n) is 9.54. The molecule has 2 heterocycles. The Hall–Kier alpha value is -2.01. The standard InChI is InChI=1S/C24H43N5O5S/c1-29(2)16-22(32)34-15-9-8-14-26-20(30)11-4-3-7-13-25-21(31)12-6-5-10-19-23-18(17-35-19)27-24(33)28-23/h18-19,23H,3-17H2,1-2H3,(H,25,31)(H,26,30)(H2,27,28,33)/t18-,19-,23-/m0/s1. The van der Waals surface area contributed by atoms with Crippen LogP contribution in [0.2, 0.25) is 0 Å². The summed E-state index contributed by atoms with van der Waals surface area (Å²) in [7, 11) is 3.64. The molecule has 0 saturated carbocycles. The van der Waals surface area contributed by atoms with Crippen LogP contribution in [0.3, 0.4) is 0 Å². The van der Waals surface area contributed by atoms with Crippen molar-refractivity contribution in [2.45, 2.75) is 81.5 Å². The van der Waals surface area contributed by atoms with Gasteiger partial charge in [-0.1, -0.05) is 12.8 Å². The molecule has 0 aromatic rings. The molecule has 200 valence electrons. The molecular weight excluding hydrogens is 470 g/mol. The molecule has 0 radical (unpaired) electrons. The summed E-state index contributed by atoms with van der Waals surface area (Å²) in [6.07, 6.45) is 7.97. The van der Waals surface area contributed by atoms with E-state index < -0.39 is 0 Å². The summed E-state index contributed by atoms with van der Waals surface area (Å²) in [6, 6.07) is 0.425. The van der Waals surface area contributed by atoms with Gasteiger partial charge in [0.2, 0.25) is 11.8 Å². The number of nitrogens with one attached hydrogen (secondary N) is 4. The molecule has 0 bridgehead atoms. The minimum absolute atomic E-state index is 0.0401. The van der Waals surface area contributed by atoms with Crippen molar-refractivity contribution < 1.29 is 23.9 Å². The smallest absolute Gasteiger partial charge is 0.320 e. The Bertz CT molecular complexity index is 693. The molecule has 0 unspecified atom stereocenters. The van der Waals surface area contributed by atoms with Crippen molar-refractivity contribution in [2.24, 2.45) is 0 Å². The van der Waals surface area contributed by atoms with Crippen molar-refractivity contribution in [1.82, 2.24) is 26.2 Å². The molecular formula is C24H43N5O5S. The monoisotopic (exact) mass is 513 g/mol. The summed E-state index contributed by atoms with van der Waals surface area (Å²) >= 11 is 1.90. The predicted molar refractivity (Wildman–Crippen MR) is 137 cm³/mol. The summed E-state index contributed by atoms with van der Waals surface area (Å²) in [6.45, 7) is 1.90. The highest BCUT2D eigenvalue weighted by atomic mass is 32.2. The molecule has 0 aliphatic carbocycles. The minimum atomic E-state index is -0.231. The van der Waals surface area contributed by atoms with Crippen molar-refractivity contribution in [1.29, 1.82) is 0 Å². The first kappa shape index (κ1) is 29.2. The Balaban J connectivity index is 1.34. The SMILES string of the molecule is CN(C)CC(=O)OCCCCNC(=O)CCCCCNC(=O)CCCC[C@@H]1SC[C@@H]2NC(=O)N[C@@H]21. The van der Waals surface area contributed by atoms with E-state index in [2.05, 4.69) is 21.3 Å². The molecule has 0 spiro atoms. The Kier molecular flexibility index (Phi) is 13.9. The van der Waals surface area contributed by atoms with Gasteiger partial charge in [-0.05, 0) is 52.6 Å². The number of unbranched alkanes of at least 4 members (excludes halogenated alkanes) is 4. The number of thioether (sulfide) groups is 1. The van der Waals surface area contributed by atoms with Crippen molar-refractivity contribution in [3.8, 4) is 0 Å². The van der Waals surface area contributed by atoms with Gasteiger partial charge in [-0.2, -0.15) is 11.8 Å². The van der Waals surface area contributed by atoms with Crippen LogP contribution in [-0.2, 0) is 19.1 Å². The van der Waals surface area contributed by atoms with Gasteiger partial charge >= 0.3 is 12.0 Å². The third kappa shape index (κ3) is 12.5. The molecule has 0 aromatic carbocycles. The van der Waals surface area contributed by atoms with E-state index >= 15 is 0 Å². The molecule has 11 heteroatoms. The number of carbonyl (C=O) groups excluding carboxylic acids is 4. The highest BCUT2D eigenvalue weighted by Gasteiger charge is 2.42. The number of ether oxygens (including phenoxy) is 1. The maximum atomic E-state index is 12.0. The summed E-state index contributed by atoms with van der Waals surface area (Å²) in [5.41, 5.74) is 0. The van der Waals surface area contributed by atoms with Gasteiger partial charge in [-0.25, -0.2) is 4.79 Å². The van der Waals surface area contributed by atoms with E-state index in [1.165, 1.54) is 0 Å². The van der Waals surface area contributed by atoms with E-state index in [0.717, 1.165) is 57.1 Å². The van der Waals surface area contributed by atoms with Crippen molar-refractivity contribution in [3.63, 3.8) is 0 Å². The Morgan fingerprint density at radius 3 is 2.29 bits per heavy atom. The number of hydrogen-bond donors (Lipinski definition) is 4. The summed E-state index contributed by atoms with van der Waals surface area (Å²) in [4.78, 5) is 48.5. The second kappa shape index (κ2) is 16.6. The van der Waals surface area contributed by atoms with E-state index in [9.17, 15) is 19.2 Å². The van der Waals surface area contributed by atoms with Gasteiger partial charge in [-0.15, -0.1) is 0 Å². The number of nitrogens with zero attached hydrogens (tertiary/aromatic N) is 1. The molecule has 3 atom stereocenters. The van der Waals surface area contributed by atoms with E-state index in [-0.39, 0.29) is 42.4 Å². The van der Waals surface area contributed by atoms with E-state index in [1.807, 2.05) is 25.9 Å². The maximum Gasteiger partial charge on any atom is 0.320 e. The van der Waals surface area contributed by atoms with E-state index in [1.54, 1.807) is 4.90 Å². The fourth-order valence-corrected chi connectivity index (χ4v) is 5.75. The lowest BCUT2D eigenvalue weighted by molar-refractivity contribution is -0.144. The Morgan fingerprint density at radius 2 is 1.60 bits per heavy atom. The molecule has 2 saturated heterocycles. The van der Waals surface area contributed by atoms with Crippen molar-refractivity contribution in [2.75, 3.05) is 46.1 Å². The van der Waals surface area contributed by atoms with Crippen molar-refractivity contribution in [3.05, 3.63) is 0 Å². The van der Waals surface area contributed by atoms with Crippen LogP contribution in [-0.4, -0.2) is 92.1 Å². The zero-order valence-electron chi connectivity index (χ0n) is 21.2. The zero-order valence-corrected chi connectivity index (χ0v) is 22.1. The van der Waals surface area contributed by atoms with Crippen LogP contribution in [0.25, 0.3) is 0 Å². The second-order valence-corrected chi connectivity index (χ2v) is 10.8. The topological polar surface area (TPSA) is 129 Å². The number of urea groups is 1. The molecule has 4 amide bonds. The van der Waals surface area contributed by atoms with Crippen LogP contribution in [0.1, 0.15) is 64.2 Å². The Labute approximate surface area is 213 Å². The number of amides is 4. The molecule has 2 aliphatic heterocycles. The van der Waals surface area contributed by atoms with Gasteiger partial charge in [0.05, 0.1) is 25.2 Å². The molecule has 2 rings (SSSR count). The van der Waals surface area contributed by atoms with Gasteiger partial charge in [0, 0.05) is 36.9 Å². The van der Waals surface area contributed by atoms with Gasteiger partial charge in [-0.3, -0.25) is 19.3 Å². The quantitative estimate of drug-likeness (QED) is 0.124. The largest absolute Gasteiger partial charge is 0.465 e. The molecule has 4 N–H and O–H groups in total. The summed E-state index contributed by atoms with van der Waals surface area (Å²) in [5, 5.41) is 12.2. The lowest BCUT2D eigenvalue weighted by Crippen LogP contribution is -2.36. The van der Waals surface area contributed by atoms with E-state index in [0.29, 0.717) is 37.8 Å². The van der Waals surface area contributed by atoms with Crippen LogP contribution in [0.4, 0.5) is 4.79 Å². The highest BCUT2D eigenvalue weighted by Crippen LogP contribution is 2.33. The van der Waals surface area contributed by atoms with Gasteiger partial charge in [0.25, 0.3) is 0 Å². The highest BCUT2D eigenvalue weighted by molar-refractivity contribution is 8.00. The number of esters is 1. The minimum Gasteiger partial charge on any atom is -0.465 e. The number of rotatable bonds is 18. The van der Waals surface area contributed by atoms with Crippen LogP contribution >= 0.6 is 11.8 Å². The molecule has 0 aromatic heterocycles. The van der Waals surface area contributed by atoms with E-state index in [4.69, 9.17) is 4.74 Å². The normalized spacial score (nSPS) is 20.8. The van der Waals surface area contributed by atoms with Crippen LogP contribution in [0, 0.1) is 0 Å². The van der Waals surface area contributed by atoms with Crippen LogP contribution in [0.5, 0.6) is 0 Å². The molecule has 2 aliphatic rings. The first-order valence-corrected chi connectivity index (χ1v) is 13.9. The van der Waals surface area contributed by atoms with Gasteiger partial charge < -0.3 is 26.0 Å². The fourth-order valence-electron chi connectivity index (χ4n) is 4.21. The third-order valence-corrected chi connectivity index (χ3v) is 7.59. The first-order chi connectivity index (χ1) is 16.8. The Morgan fingerprint density at radius 1 is 0.943 bits per heavy atom. The van der Waals surface area contributed by atoms with Gasteiger partial charge in [0.15, 0.2) is 0 Å². The van der Waals surface area contributed by atoms with Crippen molar-refractivity contribution >= 4 is 35.6 Å². The molecule has 35 heavy (non-hydrogen) atoms. The third-order valence-electron chi connectivity index (χ3n) is 6.09. The molecule has 2 fully saturated rings. The lowest BCUT2D eigenvalue weighted by atomic mass is 10.0. The summed E-state index contributed by atoms with van der Waals surface area (Å²) < 4.78 is 5.11. The lowest BCUT2D eigenvalue weighted by Gasteiger charge is -2.16. The summed E-state index contributed by atoms with van der Waals surface area (Å²) in [5.74, 6) is 0.860. The fraction of sp³-hybridized carbons (Fsp3) is 0.833. The first-order valence-electron chi connectivity index (χ1n) is 12.9. The number of hydrogen-bond acceptors (Lipinski definition) is 7. The van der Waals surface area contributed by atoms with Crippen LogP contribution in [0.15, 0.2) is 0 Å². The maximum absolute atomic E-state index is 12.0. The van der Waals surface area contributed by atoms with Crippen LogP contribution < -0.4 is 21.3 Å². The number of likely N-dealkylation sites (N-methyl/N-ethyl adjacent to an activating group) is 1.